The van der Waals surface area contributed by atoms with Gasteiger partial charge < -0.3 is 14.8 Å². The lowest BCUT2D eigenvalue weighted by Crippen LogP contribution is -2.33. The van der Waals surface area contributed by atoms with Crippen LogP contribution in [-0.4, -0.2) is 20.1 Å². The Labute approximate surface area is 171 Å². The minimum Gasteiger partial charge on any atom is -0.497 e. The summed E-state index contributed by atoms with van der Waals surface area (Å²) in [5.41, 5.74) is 2.16. The molecule has 1 N–H and O–H groups in total. The van der Waals surface area contributed by atoms with Crippen LogP contribution in [0.3, 0.4) is 0 Å². The van der Waals surface area contributed by atoms with E-state index in [9.17, 15) is 4.79 Å². The topological polar surface area (TPSA) is 47.6 Å². The van der Waals surface area contributed by atoms with Gasteiger partial charge in [0.25, 0.3) is 0 Å². The lowest BCUT2D eigenvalue weighted by molar-refractivity contribution is -0.123. The Hall–Kier alpha value is -3.01. The van der Waals surface area contributed by atoms with Gasteiger partial charge in [-0.25, -0.2) is 0 Å². The number of amides is 1. The summed E-state index contributed by atoms with van der Waals surface area (Å²) in [5, 5.41) is 5.51. The summed E-state index contributed by atoms with van der Waals surface area (Å²) in [5.74, 6) is 2.02. The van der Waals surface area contributed by atoms with Crippen molar-refractivity contribution in [2.24, 2.45) is 5.92 Å². The molecule has 0 bridgehead atoms. The van der Waals surface area contributed by atoms with E-state index in [1.165, 1.54) is 0 Å². The summed E-state index contributed by atoms with van der Waals surface area (Å²) in [6, 6.07) is 20.2. The highest BCUT2D eigenvalue weighted by Crippen LogP contribution is 2.41. The van der Waals surface area contributed by atoms with Crippen LogP contribution in [0.2, 0.25) is 0 Å². The van der Waals surface area contributed by atoms with Gasteiger partial charge >= 0.3 is 0 Å². The van der Waals surface area contributed by atoms with E-state index in [1.54, 1.807) is 14.2 Å². The molecule has 1 aliphatic carbocycles. The third-order valence-electron chi connectivity index (χ3n) is 5.83. The molecule has 0 aromatic heterocycles. The summed E-state index contributed by atoms with van der Waals surface area (Å²) in [4.78, 5) is 13.1. The molecule has 4 nitrogen and oxygen atoms in total. The van der Waals surface area contributed by atoms with Crippen LogP contribution in [0.15, 0.2) is 60.7 Å². The van der Waals surface area contributed by atoms with Crippen molar-refractivity contribution < 1.29 is 14.3 Å². The number of methoxy groups -OCH3 is 2. The second kappa shape index (κ2) is 8.16. The molecule has 4 rings (SSSR count). The SMILES string of the molecule is COc1ccc(C(NC(=O)[C@@H](C)c2ccc3cc(OC)ccc3c2)C2CC2)cc1. The van der Waals surface area contributed by atoms with Crippen molar-refractivity contribution in [3.05, 3.63) is 71.8 Å². The molecule has 1 amide bonds. The summed E-state index contributed by atoms with van der Waals surface area (Å²) in [6.45, 7) is 1.97. The van der Waals surface area contributed by atoms with Crippen LogP contribution in [0.4, 0.5) is 0 Å². The van der Waals surface area contributed by atoms with Crippen LogP contribution in [0.5, 0.6) is 11.5 Å². The van der Waals surface area contributed by atoms with E-state index in [0.717, 1.165) is 46.2 Å². The first-order chi connectivity index (χ1) is 14.1. The molecule has 0 heterocycles. The number of ether oxygens (including phenoxy) is 2. The lowest BCUT2D eigenvalue weighted by Gasteiger charge is -2.22. The van der Waals surface area contributed by atoms with Crippen molar-refractivity contribution in [1.29, 1.82) is 0 Å². The highest BCUT2D eigenvalue weighted by atomic mass is 16.5. The molecule has 2 atom stereocenters. The van der Waals surface area contributed by atoms with Gasteiger partial charge in [-0.15, -0.1) is 0 Å². The number of carbonyl (C=O) groups is 1. The van der Waals surface area contributed by atoms with Crippen molar-refractivity contribution >= 4 is 16.7 Å². The maximum atomic E-state index is 13.1. The molecule has 4 heteroatoms. The van der Waals surface area contributed by atoms with E-state index in [4.69, 9.17) is 9.47 Å². The molecular weight excluding hydrogens is 362 g/mol. The number of carbonyl (C=O) groups excluding carboxylic acids is 1. The lowest BCUT2D eigenvalue weighted by atomic mass is 9.95. The number of hydrogen-bond acceptors (Lipinski definition) is 3. The van der Waals surface area contributed by atoms with E-state index >= 15 is 0 Å². The van der Waals surface area contributed by atoms with Crippen molar-refractivity contribution in [2.75, 3.05) is 14.2 Å². The summed E-state index contributed by atoms with van der Waals surface area (Å²) in [6.07, 6.45) is 2.31. The number of nitrogens with one attached hydrogen (secondary N) is 1. The van der Waals surface area contributed by atoms with Gasteiger partial charge in [-0.05, 0) is 71.8 Å². The maximum Gasteiger partial charge on any atom is 0.227 e. The number of hydrogen-bond donors (Lipinski definition) is 1. The van der Waals surface area contributed by atoms with E-state index < -0.39 is 0 Å². The van der Waals surface area contributed by atoms with E-state index in [0.29, 0.717) is 5.92 Å². The van der Waals surface area contributed by atoms with Gasteiger partial charge in [0, 0.05) is 0 Å². The largest absolute Gasteiger partial charge is 0.497 e. The van der Waals surface area contributed by atoms with Crippen molar-refractivity contribution in [3.63, 3.8) is 0 Å². The summed E-state index contributed by atoms with van der Waals surface area (Å²) in [7, 11) is 3.33. The first-order valence-corrected chi connectivity index (χ1v) is 10.1. The average Bonchev–Trinajstić information content (AvgIpc) is 3.61. The fourth-order valence-electron chi connectivity index (χ4n) is 3.78. The molecule has 3 aromatic rings. The van der Waals surface area contributed by atoms with E-state index in [1.807, 2.05) is 43.3 Å². The third kappa shape index (κ3) is 4.21. The number of fused-ring (bicyclic) bond motifs is 1. The minimum atomic E-state index is -0.221. The van der Waals surface area contributed by atoms with Gasteiger partial charge in [-0.2, -0.15) is 0 Å². The molecule has 1 unspecified atom stereocenters. The molecule has 0 spiro atoms. The van der Waals surface area contributed by atoms with Gasteiger partial charge in [-0.3, -0.25) is 4.79 Å². The molecular formula is C25H27NO3. The highest BCUT2D eigenvalue weighted by molar-refractivity contribution is 5.88. The summed E-state index contributed by atoms with van der Waals surface area (Å²) < 4.78 is 10.6. The van der Waals surface area contributed by atoms with E-state index in [-0.39, 0.29) is 17.9 Å². The predicted molar refractivity (Wildman–Crippen MR) is 116 cm³/mol. The normalized spacial score (nSPS) is 15.6. The van der Waals surface area contributed by atoms with Gasteiger partial charge in [-0.1, -0.05) is 36.4 Å². The fourth-order valence-corrected chi connectivity index (χ4v) is 3.78. The zero-order valence-electron chi connectivity index (χ0n) is 17.1. The van der Waals surface area contributed by atoms with Crippen LogP contribution < -0.4 is 14.8 Å². The Morgan fingerprint density at radius 1 is 0.862 bits per heavy atom. The Bertz CT molecular complexity index is 1010. The third-order valence-corrected chi connectivity index (χ3v) is 5.83. The van der Waals surface area contributed by atoms with Crippen molar-refractivity contribution in [3.8, 4) is 11.5 Å². The standard InChI is InChI=1S/C25H27NO3/c1-16(19-6-7-21-15-23(29-3)13-10-20(21)14-19)25(27)26-24(17-4-5-17)18-8-11-22(28-2)12-9-18/h6-17,24H,4-5H2,1-3H3,(H,26,27)/t16-,24?/m0/s1. The van der Waals surface area contributed by atoms with Gasteiger partial charge in [0.1, 0.15) is 11.5 Å². The summed E-state index contributed by atoms with van der Waals surface area (Å²) >= 11 is 0. The van der Waals surface area contributed by atoms with Gasteiger partial charge in [0.15, 0.2) is 0 Å². The monoisotopic (exact) mass is 389 g/mol. The van der Waals surface area contributed by atoms with Gasteiger partial charge in [0.05, 0.1) is 26.2 Å². The Balaban J connectivity index is 1.52. The maximum absolute atomic E-state index is 13.1. The average molecular weight is 389 g/mol. The molecule has 0 saturated heterocycles. The molecule has 1 saturated carbocycles. The number of benzene rings is 3. The molecule has 0 aliphatic heterocycles. The predicted octanol–water partition coefficient (Wildman–Crippen LogP) is 5.23. The van der Waals surface area contributed by atoms with Crippen LogP contribution >= 0.6 is 0 Å². The first kappa shape index (κ1) is 19.3. The highest BCUT2D eigenvalue weighted by Gasteiger charge is 2.34. The fraction of sp³-hybridized carbons (Fsp3) is 0.320. The van der Waals surface area contributed by atoms with Crippen LogP contribution in [-0.2, 0) is 4.79 Å². The van der Waals surface area contributed by atoms with Crippen LogP contribution in [0.25, 0.3) is 10.8 Å². The van der Waals surface area contributed by atoms with Crippen LogP contribution in [0.1, 0.15) is 42.9 Å². The van der Waals surface area contributed by atoms with Crippen molar-refractivity contribution in [2.45, 2.75) is 31.7 Å². The molecule has 1 aliphatic rings. The molecule has 1 fully saturated rings. The van der Waals surface area contributed by atoms with Crippen LogP contribution in [0, 0.1) is 5.92 Å². The first-order valence-electron chi connectivity index (χ1n) is 10.1. The quantitative estimate of drug-likeness (QED) is 0.602. The Morgan fingerprint density at radius 3 is 2.10 bits per heavy atom. The molecule has 150 valence electrons. The molecule has 3 aromatic carbocycles. The van der Waals surface area contributed by atoms with Gasteiger partial charge in [0.2, 0.25) is 5.91 Å². The minimum absolute atomic E-state index is 0.0561. The smallest absolute Gasteiger partial charge is 0.227 e. The zero-order chi connectivity index (χ0) is 20.4. The molecule has 29 heavy (non-hydrogen) atoms. The van der Waals surface area contributed by atoms with Crippen molar-refractivity contribution in [1.82, 2.24) is 5.32 Å². The van der Waals surface area contributed by atoms with E-state index in [2.05, 4.69) is 29.6 Å². The zero-order valence-corrected chi connectivity index (χ0v) is 17.1. The number of rotatable bonds is 7. The Morgan fingerprint density at radius 2 is 1.45 bits per heavy atom. The second-order valence-electron chi connectivity index (χ2n) is 7.79. The molecule has 0 radical (unpaired) electrons. The second-order valence-corrected chi connectivity index (χ2v) is 7.79. The Kier molecular flexibility index (Phi) is 5.43.